The largest absolute Gasteiger partial charge is 0.487 e. The summed E-state index contributed by atoms with van der Waals surface area (Å²) >= 11 is 5.95. The number of hydrogen-bond donors (Lipinski definition) is 1. The third kappa shape index (κ3) is 5.00. The number of carbonyl (C=O) groups excluding carboxylic acids is 1. The highest BCUT2D eigenvalue weighted by Gasteiger charge is 2.32. The number of likely N-dealkylation sites (tertiary alicyclic amines) is 1. The molecule has 2 aliphatic rings. The number of nitrogens with zero attached hydrogens (tertiary/aromatic N) is 2. The highest BCUT2D eigenvalue weighted by Crippen LogP contribution is 2.21. The fraction of sp³-hybridized carbons (Fsp3) is 0.611. The van der Waals surface area contributed by atoms with Gasteiger partial charge >= 0.3 is 6.03 Å². The van der Waals surface area contributed by atoms with Crippen LogP contribution in [-0.4, -0.2) is 73.9 Å². The molecule has 2 saturated heterocycles. The predicted octanol–water partition coefficient (Wildman–Crippen LogP) is 2.22. The summed E-state index contributed by atoms with van der Waals surface area (Å²) < 4.78 is 11.2. The van der Waals surface area contributed by atoms with Gasteiger partial charge in [-0.1, -0.05) is 24.6 Å². The van der Waals surface area contributed by atoms with Crippen molar-refractivity contribution in [1.82, 2.24) is 15.1 Å². The van der Waals surface area contributed by atoms with Crippen molar-refractivity contribution in [3.63, 3.8) is 0 Å². The summed E-state index contributed by atoms with van der Waals surface area (Å²) in [4.78, 5) is 16.4. The third-order valence-corrected chi connectivity index (χ3v) is 4.99. The number of ether oxygens (including phenoxy) is 2. The molecule has 7 heteroatoms. The first-order chi connectivity index (χ1) is 12.2. The van der Waals surface area contributed by atoms with Crippen LogP contribution in [-0.2, 0) is 4.74 Å². The molecule has 25 heavy (non-hydrogen) atoms. The summed E-state index contributed by atoms with van der Waals surface area (Å²) in [5.41, 5.74) is 0. The number of amides is 2. The van der Waals surface area contributed by atoms with E-state index in [1.807, 2.05) is 18.2 Å². The lowest BCUT2D eigenvalue weighted by Crippen LogP contribution is -2.60. The first-order valence-corrected chi connectivity index (χ1v) is 9.30. The number of rotatable bonds is 6. The zero-order valence-corrected chi connectivity index (χ0v) is 15.4. The Morgan fingerprint density at radius 3 is 2.84 bits per heavy atom. The molecule has 1 aromatic rings. The summed E-state index contributed by atoms with van der Waals surface area (Å²) in [5, 5.41) is 3.71. The van der Waals surface area contributed by atoms with Crippen molar-refractivity contribution in [2.45, 2.75) is 25.5 Å². The van der Waals surface area contributed by atoms with E-state index in [1.165, 1.54) is 0 Å². The van der Waals surface area contributed by atoms with Gasteiger partial charge in [-0.15, -0.1) is 0 Å². The second-order valence-corrected chi connectivity index (χ2v) is 6.94. The first kappa shape index (κ1) is 18.3. The molecule has 2 amide bonds. The number of nitrogens with one attached hydrogen (secondary N) is 1. The summed E-state index contributed by atoms with van der Waals surface area (Å²) in [7, 11) is 0. The molecule has 1 atom stereocenters. The van der Waals surface area contributed by atoms with Crippen LogP contribution in [0.4, 0.5) is 4.79 Å². The monoisotopic (exact) mass is 367 g/mol. The van der Waals surface area contributed by atoms with Crippen LogP contribution in [0.3, 0.4) is 0 Å². The maximum absolute atomic E-state index is 12.3. The van der Waals surface area contributed by atoms with E-state index in [0.29, 0.717) is 30.7 Å². The number of carbonyl (C=O) groups is 1. The van der Waals surface area contributed by atoms with Crippen molar-refractivity contribution < 1.29 is 14.3 Å². The van der Waals surface area contributed by atoms with Gasteiger partial charge in [0.1, 0.15) is 11.9 Å². The van der Waals surface area contributed by atoms with Crippen LogP contribution in [0.15, 0.2) is 24.3 Å². The van der Waals surface area contributed by atoms with Crippen LogP contribution < -0.4 is 10.1 Å². The van der Waals surface area contributed by atoms with Crippen molar-refractivity contribution in [2.24, 2.45) is 0 Å². The molecular formula is C18H26ClN3O3. The molecule has 6 nitrogen and oxygen atoms in total. The number of halogens is 1. The minimum Gasteiger partial charge on any atom is -0.487 e. The normalized spacial score (nSPS) is 20.0. The molecule has 0 aromatic heterocycles. The molecule has 0 spiro atoms. The molecule has 2 aliphatic heterocycles. The minimum atomic E-state index is -0.0161. The smallest absolute Gasteiger partial charge is 0.317 e. The van der Waals surface area contributed by atoms with Crippen LogP contribution in [0.5, 0.6) is 5.75 Å². The fourth-order valence-corrected chi connectivity index (χ4v) is 3.38. The summed E-state index contributed by atoms with van der Waals surface area (Å²) in [6.07, 6.45) is 1.05. The summed E-state index contributed by atoms with van der Waals surface area (Å²) in [6.45, 7) is 7.47. The lowest BCUT2D eigenvalue weighted by Gasteiger charge is -2.39. The second-order valence-electron chi connectivity index (χ2n) is 6.50. The van der Waals surface area contributed by atoms with E-state index < -0.39 is 0 Å². The number of morpholine rings is 1. The van der Waals surface area contributed by atoms with Crippen molar-refractivity contribution in [3.8, 4) is 5.75 Å². The van der Waals surface area contributed by atoms with Crippen LogP contribution in [0, 0.1) is 0 Å². The van der Waals surface area contributed by atoms with E-state index in [9.17, 15) is 4.79 Å². The van der Waals surface area contributed by atoms with E-state index in [2.05, 4.69) is 17.1 Å². The van der Waals surface area contributed by atoms with Gasteiger partial charge in [-0.25, -0.2) is 4.79 Å². The third-order valence-electron chi connectivity index (χ3n) is 4.76. The van der Waals surface area contributed by atoms with Crippen LogP contribution in [0.25, 0.3) is 0 Å². The Hall–Kier alpha value is -1.50. The molecule has 2 heterocycles. The average molecular weight is 368 g/mol. The molecule has 3 rings (SSSR count). The lowest BCUT2D eigenvalue weighted by molar-refractivity contribution is 0.0147. The van der Waals surface area contributed by atoms with Gasteiger partial charge in [-0.3, -0.25) is 4.90 Å². The molecule has 0 saturated carbocycles. The van der Waals surface area contributed by atoms with Crippen LogP contribution in [0.1, 0.15) is 13.3 Å². The number of urea groups is 1. The molecule has 1 aromatic carbocycles. The summed E-state index contributed by atoms with van der Waals surface area (Å²) in [5.74, 6) is 0.746. The van der Waals surface area contributed by atoms with Gasteiger partial charge in [0.25, 0.3) is 0 Å². The van der Waals surface area contributed by atoms with Crippen LogP contribution in [0.2, 0.25) is 5.02 Å². The molecule has 0 bridgehead atoms. The highest BCUT2D eigenvalue weighted by atomic mass is 35.5. The van der Waals surface area contributed by atoms with Gasteiger partial charge in [0.15, 0.2) is 0 Å². The van der Waals surface area contributed by atoms with Gasteiger partial charge in [-0.2, -0.15) is 0 Å². The Labute approximate surface area is 154 Å². The van der Waals surface area contributed by atoms with E-state index >= 15 is 0 Å². The number of hydrogen-bond acceptors (Lipinski definition) is 4. The Kier molecular flexibility index (Phi) is 6.39. The quantitative estimate of drug-likeness (QED) is 0.837. The predicted molar refractivity (Wildman–Crippen MR) is 97.3 cm³/mol. The Balaban J connectivity index is 1.38. The number of benzene rings is 1. The van der Waals surface area contributed by atoms with Crippen molar-refractivity contribution in [1.29, 1.82) is 0 Å². The van der Waals surface area contributed by atoms with Crippen molar-refractivity contribution in [3.05, 3.63) is 29.3 Å². The molecule has 2 fully saturated rings. The molecule has 0 radical (unpaired) electrons. The maximum atomic E-state index is 12.3. The van der Waals surface area contributed by atoms with Crippen LogP contribution >= 0.6 is 11.6 Å². The van der Waals surface area contributed by atoms with E-state index in [4.69, 9.17) is 21.1 Å². The Bertz CT molecular complexity index is 574. The van der Waals surface area contributed by atoms with Crippen molar-refractivity contribution >= 4 is 17.6 Å². The zero-order chi connectivity index (χ0) is 17.6. The van der Waals surface area contributed by atoms with E-state index in [-0.39, 0.29) is 12.1 Å². The zero-order valence-electron chi connectivity index (χ0n) is 14.6. The topological polar surface area (TPSA) is 54.0 Å². The molecule has 0 aliphatic carbocycles. The molecular weight excluding hydrogens is 342 g/mol. The minimum absolute atomic E-state index is 0.0161. The Morgan fingerprint density at radius 1 is 1.40 bits per heavy atom. The van der Waals surface area contributed by atoms with E-state index in [1.54, 1.807) is 11.0 Å². The highest BCUT2D eigenvalue weighted by molar-refractivity contribution is 6.30. The van der Waals surface area contributed by atoms with Crippen molar-refractivity contribution in [2.75, 3.05) is 45.9 Å². The van der Waals surface area contributed by atoms with Gasteiger partial charge in [0, 0.05) is 30.7 Å². The van der Waals surface area contributed by atoms with Gasteiger partial charge in [-0.05, 0) is 24.6 Å². The lowest BCUT2D eigenvalue weighted by atomic mass is 10.1. The van der Waals surface area contributed by atoms with Gasteiger partial charge in [0.05, 0.1) is 26.3 Å². The van der Waals surface area contributed by atoms with Gasteiger partial charge < -0.3 is 19.7 Å². The molecule has 138 valence electrons. The van der Waals surface area contributed by atoms with E-state index in [0.717, 1.165) is 38.5 Å². The Morgan fingerprint density at radius 2 is 2.16 bits per heavy atom. The maximum Gasteiger partial charge on any atom is 0.317 e. The summed E-state index contributed by atoms with van der Waals surface area (Å²) in [6, 6.07) is 7.69. The SMILES string of the molecule is CCC(CNC(=O)N1CC(Oc2cccc(Cl)c2)C1)N1CCOCC1. The average Bonchev–Trinajstić information content (AvgIpc) is 2.59. The fourth-order valence-electron chi connectivity index (χ4n) is 3.20. The first-order valence-electron chi connectivity index (χ1n) is 8.92. The molecule has 1 unspecified atom stereocenters. The standard InChI is InChI=1S/C18H26ClN3O3/c1-2-15(21-6-8-24-9-7-21)11-20-18(23)22-12-17(13-22)25-16-5-3-4-14(19)10-16/h3-5,10,15,17H,2,6-9,11-13H2,1H3,(H,20,23). The molecule has 1 N–H and O–H groups in total. The second kappa shape index (κ2) is 8.74. The van der Waals surface area contributed by atoms with Gasteiger partial charge in [0.2, 0.25) is 0 Å².